The van der Waals surface area contributed by atoms with Gasteiger partial charge in [0.1, 0.15) is 5.82 Å². The van der Waals surface area contributed by atoms with Crippen LogP contribution in [0.1, 0.15) is 35.7 Å². The molecule has 1 aromatic carbocycles. The first-order valence-corrected chi connectivity index (χ1v) is 6.83. The van der Waals surface area contributed by atoms with Gasteiger partial charge in [-0.05, 0) is 39.0 Å². The normalized spacial score (nSPS) is 11.8. The van der Waals surface area contributed by atoms with Gasteiger partial charge in [0.05, 0.1) is 11.1 Å². The first-order valence-electron chi connectivity index (χ1n) is 6.83. The van der Waals surface area contributed by atoms with Crippen molar-refractivity contribution in [3.63, 3.8) is 0 Å². The second kappa shape index (κ2) is 4.87. The Labute approximate surface area is 125 Å². The van der Waals surface area contributed by atoms with Crippen molar-refractivity contribution >= 4 is 17.0 Å². The number of carbonyl (C=O) groups excluding carboxylic acids is 1. The number of hydrogen-bond acceptors (Lipinski definition) is 4. The first-order chi connectivity index (χ1) is 10.3. The van der Waals surface area contributed by atoms with Crippen LogP contribution in [0.25, 0.3) is 11.1 Å². The number of H-pyrrole nitrogens is 2. The van der Waals surface area contributed by atoms with E-state index in [4.69, 9.17) is 4.42 Å². The zero-order chi connectivity index (χ0) is 15.9. The van der Waals surface area contributed by atoms with Gasteiger partial charge in [0.2, 0.25) is 0 Å². The van der Waals surface area contributed by atoms with Crippen molar-refractivity contribution in [3.8, 4) is 0 Å². The molecule has 3 N–H and O–H groups in total. The lowest BCUT2D eigenvalue weighted by Crippen LogP contribution is -2.41. The Balaban J connectivity index is 1.87. The first kappa shape index (κ1) is 14.1. The summed E-state index contributed by atoms with van der Waals surface area (Å²) in [6.07, 6.45) is 1.71. The lowest BCUT2D eigenvalue weighted by atomic mass is 10.0. The number of rotatable bonds is 3. The summed E-state index contributed by atoms with van der Waals surface area (Å²) in [5.74, 6) is -0.127. The fraction of sp³-hybridized carbons (Fsp3) is 0.267. The number of benzene rings is 1. The van der Waals surface area contributed by atoms with E-state index in [-0.39, 0.29) is 5.91 Å². The largest absolute Gasteiger partial charge is 0.417 e. The number of fused-ring (bicyclic) bond motifs is 1. The smallest absolute Gasteiger partial charge is 0.408 e. The summed E-state index contributed by atoms with van der Waals surface area (Å²) in [7, 11) is 0. The number of aryl methyl sites for hydroxylation is 1. The Hall–Kier alpha value is -2.83. The quantitative estimate of drug-likeness (QED) is 0.686. The van der Waals surface area contributed by atoms with Crippen molar-refractivity contribution in [2.24, 2.45) is 0 Å². The Morgan fingerprint density at radius 1 is 1.32 bits per heavy atom. The van der Waals surface area contributed by atoms with Gasteiger partial charge in [-0.1, -0.05) is 0 Å². The summed E-state index contributed by atoms with van der Waals surface area (Å²) in [4.78, 5) is 33.5. The Kier molecular flexibility index (Phi) is 3.13. The van der Waals surface area contributed by atoms with Crippen molar-refractivity contribution in [1.82, 2.24) is 20.3 Å². The second-order valence-corrected chi connectivity index (χ2v) is 5.72. The van der Waals surface area contributed by atoms with E-state index in [9.17, 15) is 9.59 Å². The average Bonchev–Trinajstić information content (AvgIpc) is 3.02. The molecule has 3 rings (SSSR count). The fourth-order valence-electron chi connectivity index (χ4n) is 2.24. The molecule has 1 amide bonds. The number of aromatic amines is 2. The molecule has 2 heterocycles. The predicted molar refractivity (Wildman–Crippen MR) is 80.7 cm³/mol. The summed E-state index contributed by atoms with van der Waals surface area (Å²) in [5, 5.41) is 2.92. The number of carbonyl (C=O) groups is 1. The van der Waals surface area contributed by atoms with Crippen molar-refractivity contribution in [3.05, 3.63) is 52.0 Å². The van der Waals surface area contributed by atoms with E-state index in [2.05, 4.69) is 20.3 Å². The van der Waals surface area contributed by atoms with Gasteiger partial charge < -0.3 is 14.7 Å². The van der Waals surface area contributed by atoms with Crippen molar-refractivity contribution in [2.75, 3.05) is 0 Å². The summed E-state index contributed by atoms with van der Waals surface area (Å²) < 4.78 is 4.92. The minimum Gasteiger partial charge on any atom is -0.408 e. The maximum atomic E-state index is 12.4. The van der Waals surface area contributed by atoms with E-state index < -0.39 is 11.3 Å². The van der Waals surface area contributed by atoms with E-state index in [1.165, 1.54) is 0 Å². The lowest BCUT2D eigenvalue weighted by Gasteiger charge is -2.24. The molecule has 0 aliphatic rings. The standard InChI is InChI=1S/C15H16N4O3/c1-8-7-16-13(17-8)15(2,3)19-12(20)9-4-5-11-10(6-9)18-14(21)22-11/h4-7H,1-3H3,(H,16,17)(H,18,21)(H,19,20). The molecular weight excluding hydrogens is 284 g/mol. The Morgan fingerprint density at radius 2 is 2.09 bits per heavy atom. The van der Waals surface area contributed by atoms with E-state index in [0.29, 0.717) is 22.5 Å². The molecule has 0 fully saturated rings. The topological polar surface area (TPSA) is 104 Å². The molecule has 0 aliphatic heterocycles. The average molecular weight is 300 g/mol. The number of oxazole rings is 1. The summed E-state index contributed by atoms with van der Waals surface area (Å²) >= 11 is 0. The summed E-state index contributed by atoms with van der Waals surface area (Å²) in [6, 6.07) is 4.78. The van der Waals surface area contributed by atoms with Crippen LogP contribution in [0.4, 0.5) is 0 Å². The molecule has 0 spiro atoms. The minimum absolute atomic E-state index is 0.261. The Morgan fingerprint density at radius 3 is 2.77 bits per heavy atom. The molecule has 0 bridgehead atoms. The van der Waals surface area contributed by atoms with Crippen LogP contribution < -0.4 is 11.1 Å². The molecule has 3 aromatic rings. The maximum absolute atomic E-state index is 12.4. The van der Waals surface area contributed by atoms with E-state index in [1.807, 2.05) is 20.8 Å². The number of nitrogens with one attached hydrogen (secondary N) is 3. The van der Waals surface area contributed by atoms with E-state index >= 15 is 0 Å². The van der Waals surface area contributed by atoms with Crippen molar-refractivity contribution in [2.45, 2.75) is 26.3 Å². The summed E-state index contributed by atoms with van der Waals surface area (Å²) in [6.45, 7) is 5.63. The van der Waals surface area contributed by atoms with Gasteiger partial charge in [-0.3, -0.25) is 9.78 Å². The van der Waals surface area contributed by atoms with Crippen LogP contribution >= 0.6 is 0 Å². The Bertz CT molecular complexity index is 901. The van der Waals surface area contributed by atoms with Crippen LogP contribution in [0, 0.1) is 6.92 Å². The third kappa shape index (κ3) is 2.52. The lowest BCUT2D eigenvalue weighted by molar-refractivity contribution is 0.0909. The number of aromatic nitrogens is 3. The molecule has 2 aromatic heterocycles. The molecule has 0 radical (unpaired) electrons. The van der Waals surface area contributed by atoms with Gasteiger partial charge >= 0.3 is 5.76 Å². The zero-order valence-electron chi connectivity index (χ0n) is 12.5. The molecule has 114 valence electrons. The third-order valence-corrected chi connectivity index (χ3v) is 3.40. The molecule has 0 unspecified atom stereocenters. The molecule has 0 saturated heterocycles. The van der Waals surface area contributed by atoms with Gasteiger partial charge in [-0.25, -0.2) is 9.78 Å². The minimum atomic E-state index is -0.649. The van der Waals surface area contributed by atoms with Gasteiger partial charge in [-0.15, -0.1) is 0 Å². The highest BCUT2D eigenvalue weighted by Crippen LogP contribution is 2.18. The van der Waals surface area contributed by atoms with Gasteiger partial charge in [0.15, 0.2) is 5.58 Å². The third-order valence-electron chi connectivity index (χ3n) is 3.40. The fourth-order valence-corrected chi connectivity index (χ4v) is 2.24. The predicted octanol–water partition coefficient (Wildman–Crippen LogP) is 1.82. The highest BCUT2D eigenvalue weighted by atomic mass is 16.4. The molecule has 0 saturated carbocycles. The molecular formula is C15H16N4O3. The number of imidazole rings is 1. The number of nitrogens with zero attached hydrogens (tertiary/aromatic N) is 1. The summed E-state index contributed by atoms with van der Waals surface area (Å²) in [5.41, 5.74) is 1.62. The van der Waals surface area contributed by atoms with E-state index in [0.717, 1.165) is 5.69 Å². The van der Waals surface area contributed by atoms with Crippen LogP contribution in [-0.4, -0.2) is 20.9 Å². The van der Waals surface area contributed by atoms with Crippen LogP contribution in [0.5, 0.6) is 0 Å². The second-order valence-electron chi connectivity index (χ2n) is 5.72. The van der Waals surface area contributed by atoms with Crippen molar-refractivity contribution < 1.29 is 9.21 Å². The van der Waals surface area contributed by atoms with Gasteiger partial charge in [0, 0.05) is 17.5 Å². The molecule has 0 atom stereocenters. The van der Waals surface area contributed by atoms with Gasteiger partial charge in [-0.2, -0.15) is 0 Å². The van der Waals surface area contributed by atoms with Gasteiger partial charge in [0.25, 0.3) is 5.91 Å². The molecule has 7 nitrogen and oxygen atoms in total. The van der Waals surface area contributed by atoms with Crippen molar-refractivity contribution in [1.29, 1.82) is 0 Å². The van der Waals surface area contributed by atoms with Crippen LogP contribution in [0.2, 0.25) is 0 Å². The highest BCUT2D eigenvalue weighted by Gasteiger charge is 2.26. The monoisotopic (exact) mass is 300 g/mol. The molecule has 22 heavy (non-hydrogen) atoms. The number of amides is 1. The SMILES string of the molecule is Cc1cnc(C(C)(C)NC(=O)c2ccc3oc(=O)[nH]c3c2)[nH]1. The molecule has 0 aliphatic carbocycles. The van der Waals surface area contributed by atoms with Crippen LogP contribution in [-0.2, 0) is 5.54 Å². The zero-order valence-corrected chi connectivity index (χ0v) is 12.5. The van der Waals surface area contributed by atoms with Crippen LogP contribution in [0.3, 0.4) is 0 Å². The number of hydrogen-bond donors (Lipinski definition) is 3. The maximum Gasteiger partial charge on any atom is 0.417 e. The van der Waals surface area contributed by atoms with Crippen LogP contribution in [0.15, 0.2) is 33.6 Å². The highest BCUT2D eigenvalue weighted by molar-refractivity contribution is 5.97. The molecule has 7 heteroatoms. The van der Waals surface area contributed by atoms with E-state index in [1.54, 1.807) is 24.4 Å².